The van der Waals surface area contributed by atoms with Gasteiger partial charge in [0.05, 0.1) is 11.1 Å². The van der Waals surface area contributed by atoms with E-state index in [4.69, 9.17) is 0 Å². The number of hydrogen-bond donors (Lipinski definition) is 0. The lowest BCUT2D eigenvalue weighted by molar-refractivity contribution is -0.138. The van der Waals surface area contributed by atoms with E-state index >= 15 is 0 Å². The highest BCUT2D eigenvalue weighted by molar-refractivity contribution is 5.74. The van der Waals surface area contributed by atoms with Crippen LogP contribution in [0.25, 0.3) is 0 Å². The fraction of sp³-hybridized carbons (Fsp3) is 0.211. The summed E-state index contributed by atoms with van der Waals surface area (Å²) in [6.45, 7) is 0. The van der Waals surface area contributed by atoms with Crippen molar-refractivity contribution in [2.45, 2.75) is 25.2 Å². The number of alkyl halides is 6. The molecule has 0 aliphatic rings. The van der Waals surface area contributed by atoms with Crippen LogP contribution in [0, 0.1) is 0 Å². The molecule has 0 heterocycles. The van der Waals surface area contributed by atoms with Crippen LogP contribution in [0.5, 0.6) is 0 Å². The molecule has 0 atom stereocenters. The molecule has 2 aromatic rings. The molecule has 0 aliphatic carbocycles. The summed E-state index contributed by atoms with van der Waals surface area (Å²) in [6, 6.07) is 9.24. The third-order valence-corrected chi connectivity index (χ3v) is 3.67. The molecule has 0 radical (unpaired) electrons. The molecule has 0 saturated carbocycles. The Morgan fingerprint density at radius 3 is 1.81 bits per heavy atom. The fourth-order valence-corrected chi connectivity index (χ4v) is 2.38. The molecule has 138 valence electrons. The lowest BCUT2D eigenvalue weighted by Gasteiger charge is -2.09. The van der Waals surface area contributed by atoms with Gasteiger partial charge in [0.1, 0.15) is 6.29 Å². The van der Waals surface area contributed by atoms with Gasteiger partial charge in [0, 0.05) is 6.42 Å². The summed E-state index contributed by atoms with van der Waals surface area (Å²) in [4.78, 5) is 11.2. The minimum atomic E-state index is -4.49. The molecule has 7 heteroatoms. The van der Waals surface area contributed by atoms with Gasteiger partial charge in [-0.15, -0.1) is 0 Å². The Morgan fingerprint density at radius 2 is 1.31 bits per heavy atom. The van der Waals surface area contributed by atoms with E-state index in [1.54, 1.807) is 0 Å². The summed E-state index contributed by atoms with van der Waals surface area (Å²) in [6.07, 6.45) is -7.01. The molecule has 0 N–H and O–H groups in total. The highest BCUT2D eigenvalue weighted by Gasteiger charge is 2.31. The molecular weight excluding hydrogens is 358 g/mol. The number of benzene rings is 2. The zero-order valence-corrected chi connectivity index (χ0v) is 13.4. The first-order valence-electron chi connectivity index (χ1n) is 7.56. The predicted molar refractivity (Wildman–Crippen MR) is 84.4 cm³/mol. The molecular formula is C19H14F6O. The average Bonchev–Trinajstić information content (AvgIpc) is 2.57. The predicted octanol–water partition coefficient (Wildman–Crippen LogP) is 5.63. The monoisotopic (exact) mass is 372 g/mol. The van der Waals surface area contributed by atoms with Crippen molar-refractivity contribution >= 4 is 6.29 Å². The maximum absolute atomic E-state index is 12.7. The lowest BCUT2D eigenvalue weighted by atomic mass is 10.0. The second-order valence-corrected chi connectivity index (χ2v) is 5.67. The van der Waals surface area contributed by atoms with Crippen molar-refractivity contribution in [1.82, 2.24) is 0 Å². The number of aldehydes is 1. The van der Waals surface area contributed by atoms with Gasteiger partial charge in [-0.05, 0) is 35.3 Å². The normalized spacial score (nSPS) is 12.9. The van der Waals surface area contributed by atoms with E-state index in [1.165, 1.54) is 30.3 Å². The van der Waals surface area contributed by atoms with E-state index in [9.17, 15) is 31.1 Å². The molecule has 1 nitrogen and oxygen atoms in total. The van der Waals surface area contributed by atoms with Crippen LogP contribution in [-0.4, -0.2) is 6.29 Å². The number of carbonyl (C=O) groups is 1. The van der Waals surface area contributed by atoms with E-state index in [-0.39, 0.29) is 18.4 Å². The topological polar surface area (TPSA) is 17.1 Å². The van der Waals surface area contributed by atoms with Crippen LogP contribution in [-0.2, 0) is 30.0 Å². The van der Waals surface area contributed by atoms with Crippen molar-refractivity contribution in [3.05, 3.63) is 82.4 Å². The van der Waals surface area contributed by atoms with E-state index in [2.05, 4.69) is 0 Å². The molecule has 0 amide bonds. The van der Waals surface area contributed by atoms with E-state index < -0.39 is 23.5 Å². The minimum absolute atomic E-state index is 0.0353. The van der Waals surface area contributed by atoms with Gasteiger partial charge in [-0.1, -0.05) is 42.5 Å². The smallest absolute Gasteiger partial charge is 0.298 e. The summed E-state index contributed by atoms with van der Waals surface area (Å²) < 4.78 is 76.2. The number of halogens is 6. The van der Waals surface area contributed by atoms with Crippen molar-refractivity contribution in [2.75, 3.05) is 0 Å². The van der Waals surface area contributed by atoms with Gasteiger partial charge in [0.2, 0.25) is 0 Å². The Balaban J connectivity index is 2.16. The SMILES string of the molecule is O=C/C(=C\Cc1cccc(C(F)(F)F)c1)Cc1cccc(C(F)(F)F)c1. The maximum atomic E-state index is 12.7. The molecule has 0 spiro atoms. The van der Waals surface area contributed by atoms with Crippen molar-refractivity contribution < 1.29 is 31.1 Å². The van der Waals surface area contributed by atoms with Crippen LogP contribution in [0.4, 0.5) is 26.3 Å². The highest BCUT2D eigenvalue weighted by Crippen LogP contribution is 2.31. The standard InChI is InChI=1S/C19H14F6O/c20-18(21,22)16-5-1-3-13(10-16)7-8-15(12-26)9-14-4-2-6-17(11-14)19(23,24)25/h1-6,8,10-12H,7,9H2/b15-8-. The van der Waals surface area contributed by atoms with Gasteiger partial charge in [-0.25, -0.2) is 0 Å². The number of allylic oxidation sites excluding steroid dienone is 2. The van der Waals surface area contributed by atoms with E-state index in [1.807, 2.05) is 0 Å². The van der Waals surface area contributed by atoms with Crippen LogP contribution < -0.4 is 0 Å². The Morgan fingerprint density at radius 1 is 0.808 bits per heavy atom. The summed E-state index contributed by atoms with van der Waals surface area (Å²) in [5.41, 5.74) is -0.778. The molecule has 0 aliphatic heterocycles. The molecule has 2 aromatic carbocycles. The molecule has 0 bridgehead atoms. The first kappa shape index (κ1) is 19.8. The zero-order chi connectivity index (χ0) is 19.4. The van der Waals surface area contributed by atoms with Gasteiger partial charge in [0.15, 0.2) is 0 Å². The van der Waals surface area contributed by atoms with Gasteiger partial charge < -0.3 is 0 Å². The third kappa shape index (κ3) is 5.47. The molecule has 0 fully saturated rings. The van der Waals surface area contributed by atoms with Crippen LogP contribution >= 0.6 is 0 Å². The lowest BCUT2D eigenvalue weighted by Crippen LogP contribution is -2.06. The van der Waals surface area contributed by atoms with Crippen LogP contribution in [0.2, 0.25) is 0 Å². The summed E-state index contributed by atoms with van der Waals surface area (Å²) in [5, 5.41) is 0. The maximum Gasteiger partial charge on any atom is 0.416 e. The number of rotatable bonds is 5. The second-order valence-electron chi connectivity index (χ2n) is 5.67. The Bertz CT molecular complexity index is 802. The van der Waals surface area contributed by atoms with Crippen LogP contribution in [0.1, 0.15) is 22.3 Å². The number of hydrogen-bond acceptors (Lipinski definition) is 1. The fourth-order valence-electron chi connectivity index (χ4n) is 2.38. The van der Waals surface area contributed by atoms with E-state index in [0.717, 1.165) is 24.3 Å². The summed E-state index contributed by atoms with van der Waals surface area (Å²) in [7, 11) is 0. The summed E-state index contributed by atoms with van der Waals surface area (Å²) in [5.74, 6) is 0. The Kier molecular flexibility index (Phi) is 5.90. The average molecular weight is 372 g/mol. The molecule has 26 heavy (non-hydrogen) atoms. The first-order chi connectivity index (χ1) is 12.1. The third-order valence-electron chi connectivity index (χ3n) is 3.67. The van der Waals surface area contributed by atoms with Crippen molar-refractivity contribution in [3.63, 3.8) is 0 Å². The van der Waals surface area contributed by atoms with E-state index in [0.29, 0.717) is 17.4 Å². The van der Waals surface area contributed by atoms with Crippen molar-refractivity contribution in [2.24, 2.45) is 0 Å². The second kappa shape index (κ2) is 7.76. The van der Waals surface area contributed by atoms with Gasteiger partial charge in [0.25, 0.3) is 0 Å². The Hall–Kier alpha value is -2.57. The van der Waals surface area contributed by atoms with Crippen LogP contribution in [0.15, 0.2) is 60.2 Å². The zero-order valence-electron chi connectivity index (χ0n) is 13.4. The molecule has 0 aromatic heterocycles. The number of carbonyl (C=O) groups excluding carboxylic acids is 1. The molecule has 0 unspecified atom stereocenters. The van der Waals surface area contributed by atoms with Crippen molar-refractivity contribution in [1.29, 1.82) is 0 Å². The molecule has 0 saturated heterocycles. The van der Waals surface area contributed by atoms with Crippen LogP contribution in [0.3, 0.4) is 0 Å². The van der Waals surface area contributed by atoms with Crippen molar-refractivity contribution in [3.8, 4) is 0 Å². The highest BCUT2D eigenvalue weighted by atomic mass is 19.4. The largest absolute Gasteiger partial charge is 0.416 e. The molecule has 2 rings (SSSR count). The first-order valence-corrected chi connectivity index (χ1v) is 7.56. The quantitative estimate of drug-likeness (QED) is 0.377. The summed E-state index contributed by atoms with van der Waals surface area (Å²) >= 11 is 0. The minimum Gasteiger partial charge on any atom is -0.298 e. The van der Waals surface area contributed by atoms with Gasteiger partial charge in [-0.2, -0.15) is 26.3 Å². The van der Waals surface area contributed by atoms with Gasteiger partial charge in [-0.3, -0.25) is 4.79 Å². The van der Waals surface area contributed by atoms with Gasteiger partial charge >= 0.3 is 12.4 Å². The Labute approximate surface area is 146 Å².